The van der Waals surface area contributed by atoms with Crippen LogP contribution in [-0.4, -0.2) is 16.7 Å². The third kappa shape index (κ3) is 2.91. The Labute approximate surface area is 104 Å². The van der Waals surface area contributed by atoms with Gasteiger partial charge in [0.05, 0.1) is 10.6 Å². The largest absolute Gasteiger partial charge is 0.274 e. The molecule has 18 heavy (non-hydrogen) atoms. The second-order valence-electron chi connectivity index (χ2n) is 4.12. The van der Waals surface area contributed by atoms with Gasteiger partial charge in [-0.15, -0.1) is 0 Å². The molecular weight excluding hydrogens is 236 g/mol. The highest BCUT2D eigenvalue weighted by molar-refractivity contribution is 6.14. The van der Waals surface area contributed by atoms with E-state index in [1.54, 1.807) is 13.8 Å². The molecular formula is C12H14N2O4. The average Bonchev–Trinajstić information content (AvgIpc) is 2.29. The molecule has 0 atom stereocenters. The molecule has 0 radical (unpaired) electrons. The summed E-state index contributed by atoms with van der Waals surface area (Å²) < 4.78 is 0. The molecule has 1 aromatic rings. The Kier molecular flexibility index (Phi) is 4.14. The third-order valence-electron chi connectivity index (χ3n) is 2.35. The highest BCUT2D eigenvalue weighted by Gasteiger charge is 2.23. The summed E-state index contributed by atoms with van der Waals surface area (Å²) in [6, 6.07) is 5.30. The van der Waals surface area contributed by atoms with Crippen LogP contribution in [0.25, 0.3) is 0 Å². The van der Waals surface area contributed by atoms with E-state index in [4.69, 9.17) is 0 Å². The number of carbonyl (C=O) groups is 2. The number of hydrogen-bond acceptors (Lipinski definition) is 4. The quantitative estimate of drug-likeness (QED) is 0.608. The number of anilines is 1. The standard InChI is InChI=1S/C12H14N2O4/c1-8(2)12(16)13(9(3)15)10-4-6-11(7-5-10)14(17)18/h4-8H,1-3H3. The van der Waals surface area contributed by atoms with Gasteiger partial charge in [-0.25, -0.2) is 0 Å². The first-order valence-electron chi connectivity index (χ1n) is 5.43. The Bertz CT molecular complexity index is 479. The van der Waals surface area contributed by atoms with Gasteiger partial charge in [-0.05, 0) is 12.1 Å². The first kappa shape index (κ1) is 13.8. The zero-order chi connectivity index (χ0) is 13.9. The van der Waals surface area contributed by atoms with Crippen LogP contribution in [0.15, 0.2) is 24.3 Å². The summed E-state index contributed by atoms with van der Waals surface area (Å²) >= 11 is 0. The molecule has 0 heterocycles. The lowest BCUT2D eigenvalue weighted by molar-refractivity contribution is -0.384. The van der Waals surface area contributed by atoms with Crippen molar-refractivity contribution in [2.75, 3.05) is 4.90 Å². The molecule has 0 aliphatic carbocycles. The zero-order valence-electron chi connectivity index (χ0n) is 10.4. The van der Waals surface area contributed by atoms with Gasteiger partial charge in [0.1, 0.15) is 0 Å². The molecule has 0 saturated heterocycles. The maximum absolute atomic E-state index is 11.9. The molecule has 0 bridgehead atoms. The lowest BCUT2D eigenvalue weighted by Gasteiger charge is -2.20. The first-order valence-corrected chi connectivity index (χ1v) is 5.43. The Morgan fingerprint density at radius 1 is 1.22 bits per heavy atom. The van der Waals surface area contributed by atoms with E-state index in [2.05, 4.69) is 0 Å². The van der Waals surface area contributed by atoms with Crippen LogP contribution in [0.1, 0.15) is 20.8 Å². The van der Waals surface area contributed by atoms with Crippen molar-refractivity contribution in [2.45, 2.75) is 20.8 Å². The van der Waals surface area contributed by atoms with Gasteiger partial charge in [-0.2, -0.15) is 0 Å². The maximum Gasteiger partial charge on any atom is 0.269 e. The highest BCUT2D eigenvalue weighted by atomic mass is 16.6. The topological polar surface area (TPSA) is 80.5 Å². The Hall–Kier alpha value is -2.24. The molecule has 0 N–H and O–H groups in total. The number of imide groups is 1. The van der Waals surface area contributed by atoms with Crippen LogP contribution in [0.3, 0.4) is 0 Å². The fraction of sp³-hybridized carbons (Fsp3) is 0.333. The van der Waals surface area contributed by atoms with E-state index in [1.807, 2.05) is 0 Å². The van der Waals surface area contributed by atoms with Crippen molar-refractivity contribution < 1.29 is 14.5 Å². The predicted molar refractivity (Wildman–Crippen MR) is 66.1 cm³/mol. The number of nitrogens with zero attached hydrogens (tertiary/aromatic N) is 2. The number of nitro groups is 1. The predicted octanol–water partition coefficient (Wildman–Crippen LogP) is 2.13. The summed E-state index contributed by atoms with van der Waals surface area (Å²) in [5.41, 5.74) is 0.256. The molecule has 0 aliphatic heterocycles. The van der Waals surface area contributed by atoms with E-state index in [-0.39, 0.29) is 17.5 Å². The van der Waals surface area contributed by atoms with Crippen molar-refractivity contribution in [2.24, 2.45) is 5.92 Å². The van der Waals surface area contributed by atoms with Gasteiger partial charge in [0, 0.05) is 25.0 Å². The zero-order valence-corrected chi connectivity index (χ0v) is 10.4. The van der Waals surface area contributed by atoms with Crippen LogP contribution in [0.5, 0.6) is 0 Å². The van der Waals surface area contributed by atoms with Crippen LogP contribution in [-0.2, 0) is 9.59 Å². The molecule has 0 saturated carbocycles. The highest BCUT2D eigenvalue weighted by Crippen LogP contribution is 2.21. The molecule has 0 unspecified atom stereocenters. The van der Waals surface area contributed by atoms with Crippen LogP contribution in [0, 0.1) is 16.0 Å². The first-order chi connectivity index (χ1) is 8.34. The van der Waals surface area contributed by atoms with E-state index in [0.29, 0.717) is 5.69 Å². The van der Waals surface area contributed by atoms with E-state index < -0.39 is 10.8 Å². The van der Waals surface area contributed by atoms with Gasteiger partial charge >= 0.3 is 0 Å². The van der Waals surface area contributed by atoms with Crippen LogP contribution in [0.2, 0.25) is 0 Å². The maximum atomic E-state index is 11.9. The lowest BCUT2D eigenvalue weighted by atomic mass is 10.1. The van der Waals surface area contributed by atoms with Crippen molar-refractivity contribution in [1.82, 2.24) is 0 Å². The van der Waals surface area contributed by atoms with E-state index in [0.717, 1.165) is 4.90 Å². The summed E-state index contributed by atoms with van der Waals surface area (Å²) in [6.45, 7) is 4.65. The van der Waals surface area contributed by atoms with Gasteiger partial charge in [0.15, 0.2) is 0 Å². The van der Waals surface area contributed by atoms with E-state index in [9.17, 15) is 19.7 Å². The van der Waals surface area contributed by atoms with Gasteiger partial charge in [-0.1, -0.05) is 13.8 Å². The molecule has 6 nitrogen and oxygen atoms in total. The lowest BCUT2D eigenvalue weighted by Crippen LogP contribution is -2.38. The van der Waals surface area contributed by atoms with Crippen molar-refractivity contribution in [3.05, 3.63) is 34.4 Å². The van der Waals surface area contributed by atoms with Crippen LogP contribution in [0.4, 0.5) is 11.4 Å². The fourth-order valence-electron chi connectivity index (χ4n) is 1.45. The van der Waals surface area contributed by atoms with Gasteiger partial charge < -0.3 is 0 Å². The van der Waals surface area contributed by atoms with Crippen molar-refractivity contribution in [1.29, 1.82) is 0 Å². The summed E-state index contributed by atoms with van der Waals surface area (Å²) in [5, 5.41) is 10.5. The Balaban J connectivity index is 3.11. The number of nitro benzene ring substituents is 1. The van der Waals surface area contributed by atoms with Crippen LogP contribution < -0.4 is 4.90 Å². The minimum Gasteiger partial charge on any atom is -0.274 e. The molecule has 2 amide bonds. The molecule has 1 aromatic carbocycles. The molecule has 0 fully saturated rings. The Morgan fingerprint density at radius 3 is 2.06 bits per heavy atom. The van der Waals surface area contributed by atoms with Crippen LogP contribution >= 0.6 is 0 Å². The van der Waals surface area contributed by atoms with E-state index in [1.165, 1.54) is 31.2 Å². The van der Waals surface area contributed by atoms with Crippen molar-refractivity contribution in [3.63, 3.8) is 0 Å². The minimum atomic E-state index is -0.536. The summed E-state index contributed by atoms with van der Waals surface area (Å²) in [5.74, 6) is -1.08. The van der Waals surface area contributed by atoms with Crippen molar-refractivity contribution in [3.8, 4) is 0 Å². The molecule has 96 valence electrons. The smallest absolute Gasteiger partial charge is 0.269 e. The fourth-order valence-corrected chi connectivity index (χ4v) is 1.45. The molecule has 6 heteroatoms. The molecule has 0 aromatic heterocycles. The number of rotatable bonds is 3. The second-order valence-corrected chi connectivity index (χ2v) is 4.12. The van der Waals surface area contributed by atoms with E-state index >= 15 is 0 Å². The number of amides is 2. The Morgan fingerprint density at radius 2 is 1.72 bits per heavy atom. The minimum absolute atomic E-state index is 0.0840. The normalized spacial score (nSPS) is 10.2. The summed E-state index contributed by atoms with van der Waals surface area (Å²) in [7, 11) is 0. The molecule has 1 rings (SSSR count). The number of hydrogen-bond donors (Lipinski definition) is 0. The number of benzene rings is 1. The SMILES string of the molecule is CC(=O)N(C(=O)C(C)C)c1ccc([N+](=O)[O-])cc1. The number of carbonyl (C=O) groups excluding carboxylic acids is 2. The summed E-state index contributed by atoms with van der Waals surface area (Å²) in [4.78, 5) is 34.4. The monoisotopic (exact) mass is 250 g/mol. The van der Waals surface area contributed by atoms with Gasteiger partial charge in [0.2, 0.25) is 11.8 Å². The third-order valence-corrected chi connectivity index (χ3v) is 2.35. The molecule has 0 aliphatic rings. The molecule has 0 spiro atoms. The average molecular weight is 250 g/mol. The van der Waals surface area contributed by atoms with Gasteiger partial charge in [-0.3, -0.25) is 24.6 Å². The summed E-state index contributed by atoms with van der Waals surface area (Å²) in [6.07, 6.45) is 0. The van der Waals surface area contributed by atoms with Crippen molar-refractivity contribution >= 4 is 23.2 Å². The van der Waals surface area contributed by atoms with Gasteiger partial charge in [0.25, 0.3) is 5.69 Å². The second kappa shape index (κ2) is 5.39. The number of non-ortho nitro benzene ring substituents is 1.